The lowest BCUT2D eigenvalue weighted by molar-refractivity contribution is 0.281. The molecular weight excluding hydrogens is 290 g/mol. The van der Waals surface area contributed by atoms with Crippen molar-refractivity contribution in [3.8, 4) is 0 Å². The van der Waals surface area contributed by atoms with Gasteiger partial charge >= 0.3 is 0 Å². The van der Waals surface area contributed by atoms with E-state index in [2.05, 4.69) is 33.0 Å². The van der Waals surface area contributed by atoms with Crippen LogP contribution in [0.4, 0.5) is 5.69 Å². The van der Waals surface area contributed by atoms with Crippen LogP contribution < -0.4 is 4.90 Å². The second-order valence-electron chi connectivity index (χ2n) is 5.53. The summed E-state index contributed by atoms with van der Waals surface area (Å²) in [6, 6.07) is 7.13. The average molecular weight is 310 g/mol. The second-order valence-corrected chi connectivity index (χ2v) is 6.38. The number of halogens is 1. The van der Waals surface area contributed by atoms with Crippen LogP contribution in [0.3, 0.4) is 0 Å². The van der Waals surface area contributed by atoms with Crippen molar-refractivity contribution in [2.75, 3.05) is 11.4 Å². The summed E-state index contributed by atoms with van der Waals surface area (Å²) in [6.07, 6.45) is 6.89. The number of piperidine rings is 1. The maximum atomic E-state index is 9.23. The summed E-state index contributed by atoms with van der Waals surface area (Å²) in [5.74, 6) is 0.912. The Morgan fingerprint density at radius 1 is 1.22 bits per heavy atom. The second kappa shape index (κ2) is 5.22. The molecule has 1 aliphatic carbocycles. The fraction of sp³-hybridized carbons (Fsp3) is 0.600. The minimum Gasteiger partial charge on any atom is -0.392 e. The van der Waals surface area contributed by atoms with E-state index in [-0.39, 0.29) is 6.61 Å². The van der Waals surface area contributed by atoms with Gasteiger partial charge in [-0.2, -0.15) is 0 Å². The summed E-state index contributed by atoms with van der Waals surface area (Å²) in [5.41, 5.74) is 2.29. The Morgan fingerprint density at radius 2 is 2.06 bits per heavy atom. The number of hydrogen-bond acceptors (Lipinski definition) is 2. The molecule has 1 saturated heterocycles. The van der Waals surface area contributed by atoms with E-state index in [9.17, 15) is 5.11 Å². The van der Waals surface area contributed by atoms with Crippen molar-refractivity contribution in [2.45, 2.75) is 44.8 Å². The monoisotopic (exact) mass is 309 g/mol. The average Bonchev–Trinajstić information content (AvgIpc) is 2.86. The van der Waals surface area contributed by atoms with Crippen LogP contribution >= 0.6 is 15.9 Å². The summed E-state index contributed by atoms with van der Waals surface area (Å²) in [7, 11) is 0. The molecule has 1 aromatic carbocycles. The molecule has 0 aromatic heterocycles. The van der Waals surface area contributed by atoms with Gasteiger partial charge in [0.1, 0.15) is 0 Å². The molecule has 1 aromatic rings. The van der Waals surface area contributed by atoms with Crippen LogP contribution in [-0.4, -0.2) is 17.7 Å². The number of aliphatic hydroxyl groups is 1. The molecule has 1 saturated carbocycles. The van der Waals surface area contributed by atoms with Gasteiger partial charge in [0.2, 0.25) is 0 Å². The summed E-state index contributed by atoms with van der Waals surface area (Å²) < 4.78 is 1.03. The fourth-order valence-corrected chi connectivity index (χ4v) is 4.11. The van der Waals surface area contributed by atoms with Crippen LogP contribution in [0.1, 0.15) is 37.7 Å². The lowest BCUT2D eigenvalue weighted by Crippen LogP contribution is -2.42. The molecular formula is C15H20BrNO. The SMILES string of the molecule is OCc1ccc(N2CCCC3CCCC32)cc1Br. The molecule has 0 radical (unpaired) electrons. The first-order valence-electron chi connectivity index (χ1n) is 6.95. The Bertz CT molecular complexity index is 435. The predicted octanol–water partition coefficient (Wildman–Crippen LogP) is 3.71. The lowest BCUT2D eigenvalue weighted by atomic mass is 9.91. The van der Waals surface area contributed by atoms with Crippen LogP contribution in [0.5, 0.6) is 0 Å². The Morgan fingerprint density at radius 3 is 2.83 bits per heavy atom. The first-order valence-corrected chi connectivity index (χ1v) is 7.75. The molecule has 1 aliphatic heterocycles. The smallest absolute Gasteiger partial charge is 0.0692 e. The number of fused-ring (bicyclic) bond motifs is 1. The normalized spacial score (nSPS) is 27.3. The number of aliphatic hydroxyl groups excluding tert-OH is 1. The van der Waals surface area contributed by atoms with Gasteiger partial charge in [0.25, 0.3) is 0 Å². The lowest BCUT2D eigenvalue weighted by Gasteiger charge is -2.39. The first-order chi connectivity index (χ1) is 8.79. The Hall–Kier alpha value is -0.540. The van der Waals surface area contributed by atoms with Gasteiger partial charge in [-0.1, -0.05) is 28.4 Å². The maximum absolute atomic E-state index is 9.23. The number of nitrogens with zero attached hydrogens (tertiary/aromatic N) is 1. The molecule has 2 atom stereocenters. The molecule has 18 heavy (non-hydrogen) atoms. The van der Waals surface area contributed by atoms with Gasteiger partial charge in [-0.25, -0.2) is 0 Å². The van der Waals surface area contributed by atoms with E-state index in [1.165, 1.54) is 44.3 Å². The van der Waals surface area contributed by atoms with E-state index >= 15 is 0 Å². The Kier molecular flexibility index (Phi) is 3.62. The summed E-state index contributed by atoms with van der Waals surface area (Å²) in [6.45, 7) is 1.29. The third kappa shape index (κ3) is 2.19. The molecule has 98 valence electrons. The largest absolute Gasteiger partial charge is 0.392 e. The molecule has 0 amide bonds. The molecule has 3 heteroatoms. The highest BCUT2D eigenvalue weighted by atomic mass is 79.9. The standard InChI is InChI=1S/C15H20BrNO/c16-14-9-13(7-6-12(14)10-18)17-8-2-4-11-3-1-5-15(11)17/h6-7,9,11,15,18H,1-5,8,10H2. The Labute approximate surface area is 117 Å². The number of hydrogen-bond donors (Lipinski definition) is 1. The van der Waals surface area contributed by atoms with Crippen molar-refractivity contribution in [1.82, 2.24) is 0 Å². The van der Waals surface area contributed by atoms with Crippen molar-refractivity contribution in [2.24, 2.45) is 5.92 Å². The zero-order valence-electron chi connectivity index (χ0n) is 10.6. The van der Waals surface area contributed by atoms with E-state index < -0.39 is 0 Å². The fourth-order valence-electron chi connectivity index (χ4n) is 3.62. The highest BCUT2D eigenvalue weighted by molar-refractivity contribution is 9.10. The highest BCUT2D eigenvalue weighted by Crippen LogP contribution is 2.39. The minimum atomic E-state index is 0.104. The van der Waals surface area contributed by atoms with Crippen molar-refractivity contribution in [3.05, 3.63) is 28.2 Å². The topological polar surface area (TPSA) is 23.5 Å². The van der Waals surface area contributed by atoms with Gasteiger partial charge in [-0.15, -0.1) is 0 Å². The maximum Gasteiger partial charge on any atom is 0.0692 e. The van der Waals surface area contributed by atoms with Gasteiger partial charge in [-0.3, -0.25) is 0 Å². The van der Waals surface area contributed by atoms with Crippen LogP contribution in [0, 0.1) is 5.92 Å². The van der Waals surface area contributed by atoms with Gasteiger partial charge in [-0.05, 0) is 49.3 Å². The third-order valence-corrected chi connectivity index (χ3v) is 5.27. The zero-order valence-corrected chi connectivity index (χ0v) is 12.2. The molecule has 2 aliphatic rings. The quantitative estimate of drug-likeness (QED) is 0.900. The number of rotatable bonds is 2. The van der Waals surface area contributed by atoms with Gasteiger partial charge < -0.3 is 10.0 Å². The molecule has 1 N–H and O–H groups in total. The molecule has 2 unspecified atom stereocenters. The van der Waals surface area contributed by atoms with Crippen molar-refractivity contribution in [3.63, 3.8) is 0 Å². The Balaban J connectivity index is 1.87. The van der Waals surface area contributed by atoms with E-state index in [4.69, 9.17) is 0 Å². The number of benzene rings is 1. The summed E-state index contributed by atoms with van der Waals surface area (Å²) in [4.78, 5) is 2.59. The number of anilines is 1. The summed E-state index contributed by atoms with van der Waals surface area (Å²) >= 11 is 3.56. The van der Waals surface area contributed by atoms with E-state index in [1.807, 2.05) is 6.07 Å². The van der Waals surface area contributed by atoms with Crippen molar-refractivity contribution < 1.29 is 5.11 Å². The predicted molar refractivity (Wildman–Crippen MR) is 77.8 cm³/mol. The van der Waals surface area contributed by atoms with Gasteiger partial charge in [0.15, 0.2) is 0 Å². The highest BCUT2D eigenvalue weighted by Gasteiger charge is 2.35. The van der Waals surface area contributed by atoms with E-state index in [1.54, 1.807) is 0 Å². The van der Waals surface area contributed by atoms with Crippen LogP contribution in [0.25, 0.3) is 0 Å². The van der Waals surface area contributed by atoms with Crippen LogP contribution in [0.2, 0.25) is 0 Å². The molecule has 3 rings (SSSR count). The van der Waals surface area contributed by atoms with E-state index in [0.717, 1.165) is 22.0 Å². The molecule has 0 bridgehead atoms. The van der Waals surface area contributed by atoms with Crippen molar-refractivity contribution >= 4 is 21.6 Å². The molecule has 1 heterocycles. The minimum absolute atomic E-state index is 0.104. The molecule has 0 spiro atoms. The molecule has 2 nitrogen and oxygen atoms in total. The zero-order chi connectivity index (χ0) is 12.5. The van der Waals surface area contributed by atoms with Gasteiger partial charge in [0.05, 0.1) is 6.61 Å². The first kappa shape index (κ1) is 12.5. The van der Waals surface area contributed by atoms with E-state index in [0.29, 0.717) is 0 Å². The molecule has 2 fully saturated rings. The summed E-state index contributed by atoms with van der Waals surface area (Å²) in [5, 5.41) is 9.23. The van der Waals surface area contributed by atoms with Gasteiger partial charge in [0, 0.05) is 22.7 Å². The van der Waals surface area contributed by atoms with Crippen molar-refractivity contribution in [1.29, 1.82) is 0 Å². The third-order valence-electron chi connectivity index (χ3n) is 4.53. The van der Waals surface area contributed by atoms with Crippen LogP contribution in [-0.2, 0) is 6.61 Å². The van der Waals surface area contributed by atoms with Crippen LogP contribution in [0.15, 0.2) is 22.7 Å².